The summed E-state index contributed by atoms with van der Waals surface area (Å²) in [6, 6.07) is -0.871. The lowest BCUT2D eigenvalue weighted by atomic mass is 10.0. The van der Waals surface area contributed by atoms with E-state index in [1.807, 2.05) is 27.9 Å². The van der Waals surface area contributed by atoms with E-state index in [0.717, 1.165) is 19.4 Å². The Morgan fingerprint density at radius 3 is 2.55 bits per heavy atom. The maximum Gasteiger partial charge on any atom is 0.326 e. The summed E-state index contributed by atoms with van der Waals surface area (Å²) in [5.74, 6) is -0.733. The normalized spacial score (nSPS) is 20.5. The number of urea groups is 1. The molecule has 1 heterocycles. The van der Waals surface area contributed by atoms with Gasteiger partial charge in [0.1, 0.15) is 6.04 Å². The van der Waals surface area contributed by atoms with Crippen LogP contribution in [0.5, 0.6) is 0 Å². The Kier molecular flexibility index (Phi) is 6.26. The van der Waals surface area contributed by atoms with Crippen LogP contribution in [0.25, 0.3) is 0 Å². The summed E-state index contributed by atoms with van der Waals surface area (Å²) in [4.78, 5) is 27.3. The summed E-state index contributed by atoms with van der Waals surface area (Å²) >= 11 is 0. The van der Waals surface area contributed by atoms with Crippen molar-refractivity contribution in [2.45, 2.75) is 45.2 Å². The molecule has 2 N–H and O–H groups in total. The van der Waals surface area contributed by atoms with Crippen LogP contribution in [-0.4, -0.2) is 66.2 Å². The molecule has 0 aromatic heterocycles. The first-order valence-electron chi connectivity index (χ1n) is 7.26. The van der Waals surface area contributed by atoms with Crippen LogP contribution in [0.1, 0.15) is 33.1 Å². The number of nitrogens with one attached hydrogen (secondary N) is 1. The van der Waals surface area contributed by atoms with Crippen LogP contribution >= 0.6 is 0 Å². The molecule has 0 radical (unpaired) electrons. The molecule has 1 aliphatic rings. The minimum absolute atomic E-state index is 0.179. The first kappa shape index (κ1) is 16.8. The van der Waals surface area contributed by atoms with Crippen LogP contribution in [0, 0.1) is 5.92 Å². The van der Waals surface area contributed by atoms with Crippen LogP contribution in [0.2, 0.25) is 0 Å². The van der Waals surface area contributed by atoms with E-state index in [1.54, 1.807) is 4.90 Å². The van der Waals surface area contributed by atoms with Crippen molar-refractivity contribution in [2.24, 2.45) is 5.92 Å². The first-order chi connectivity index (χ1) is 9.31. The summed E-state index contributed by atoms with van der Waals surface area (Å²) < 4.78 is 0. The number of rotatable bonds is 6. The van der Waals surface area contributed by atoms with Gasteiger partial charge in [-0.3, -0.25) is 0 Å². The third-order valence-electron chi connectivity index (χ3n) is 3.52. The van der Waals surface area contributed by atoms with Crippen molar-refractivity contribution >= 4 is 12.0 Å². The lowest BCUT2D eigenvalue weighted by Gasteiger charge is -2.29. The largest absolute Gasteiger partial charge is 0.480 e. The molecule has 20 heavy (non-hydrogen) atoms. The average Bonchev–Trinajstić information content (AvgIpc) is 2.74. The van der Waals surface area contributed by atoms with Crippen molar-refractivity contribution in [3.8, 4) is 0 Å². The summed E-state index contributed by atoms with van der Waals surface area (Å²) in [5.41, 5.74) is 0. The maximum absolute atomic E-state index is 12.3. The SMILES string of the molecule is CC(C)CC(NC(=O)N1CCCC1CN(C)C)C(=O)O. The Morgan fingerprint density at radius 1 is 1.40 bits per heavy atom. The fraction of sp³-hybridized carbons (Fsp3) is 0.857. The molecule has 1 saturated heterocycles. The molecule has 2 atom stereocenters. The first-order valence-corrected chi connectivity index (χ1v) is 7.26. The minimum atomic E-state index is -0.963. The highest BCUT2D eigenvalue weighted by Crippen LogP contribution is 2.18. The second-order valence-electron chi connectivity index (χ2n) is 6.22. The number of carbonyl (C=O) groups is 2. The van der Waals surface area contributed by atoms with E-state index in [-0.39, 0.29) is 18.0 Å². The Bertz CT molecular complexity index is 345. The van der Waals surface area contributed by atoms with Crippen LogP contribution in [-0.2, 0) is 4.79 Å². The smallest absolute Gasteiger partial charge is 0.326 e. The highest BCUT2D eigenvalue weighted by molar-refractivity contribution is 5.82. The van der Waals surface area contributed by atoms with Gasteiger partial charge in [0.05, 0.1) is 0 Å². The third-order valence-corrected chi connectivity index (χ3v) is 3.52. The summed E-state index contributed by atoms with van der Waals surface area (Å²) in [7, 11) is 3.96. The monoisotopic (exact) mass is 285 g/mol. The number of aliphatic carboxylic acids is 1. The zero-order chi connectivity index (χ0) is 15.3. The topological polar surface area (TPSA) is 72.9 Å². The van der Waals surface area contributed by atoms with E-state index in [0.29, 0.717) is 13.0 Å². The van der Waals surface area contributed by atoms with Gasteiger partial charge >= 0.3 is 12.0 Å². The highest BCUT2D eigenvalue weighted by Gasteiger charge is 2.31. The molecular formula is C14H27N3O3. The standard InChI is InChI=1S/C14H27N3O3/c1-10(2)8-12(13(18)19)15-14(20)17-7-5-6-11(17)9-16(3)4/h10-12H,5-9H2,1-4H3,(H,15,20)(H,18,19). The van der Waals surface area contributed by atoms with Gasteiger partial charge in [-0.05, 0) is 39.3 Å². The summed E-state index contributed by atoms with van der Waals surface area (Å²) in [6.45, 7) is 5.42. The summed E-state index contributed by atoms with van der Waals surface area (Å²) in [5, 5.41) is 11.8. The Morgan fingerprint density at radius 2 is 2.05 bits per heavy atom. The van der Waals surface area contributed by atoms with Gasteiger partial charge in [0.2, 0.25) is 0 Å². The van der Waals surface area contributed by atoms with Crippen LogP contribution in [0.3, 0.4) is 0 Å². The van der Waals surface area contributed by atoms with Gasteiger partial charge in [-0.25, -0.2) is 9.59 Å². The Balaban J connectivity index is 2.61. The molecule has 1 fully saturated rings. The third kappa shape index (κ3) is 5.00. The number of carboxylic acids is 1. The molecular weight excluding hydrogens is 258 g/mol. The zero-order valence-corrected chi connectivity index (χ0v) is 12.9. The van der Waals surface area contributed by atoms with Gasteiger partial charge in [-0.15, -0.1) is 0 Å². The fourth-order valence-electron chi connectivity index (χ4n) is 2.64. The molecule has 2 unspecified atom stereocenters. The van der Waals surface area contributed by atoms with Gasteiger partial charge < -0.3 is 20.2 Å². The van der Waals surface area contributed by atoms with E-state index in [4.69, 9.17) is 0 Å². The number of hydrogen-bond acceptors (Lipinski definition) is 3. The van der Waals surface area contributed by atoms with Gasteiger partial charge in [-0.1, -0.05) is 13.8 Å². The second-order valence-corrected chi connectivity index (χ2v) is 6.22. The van der Waals surface area contributed by atoms with Crippen LogP contribution in [0.4, 0.5) is 4.79 Å². The molecule has 0 bridgehead atoms. The van der Waals surface area contributed by atoms with Crippen LogP contribution in [0.15, 0.2) is 0 Å². The number of hydrogen-bond donors (Lipinski definition) is 2. The second kappa shape index (κ2) is 7.47. The maximum atomic E-state index is 12.3. The van der Waals surface area contributed by atoms with Gasteiger partial charge in [0, 0.05) is 19.1 Å². The van der Waals surface area contributed by atoms with E-state index < -0.39 is 12.0 Å². The Labute approximate surface area is 121 Å². The number of likely N-dealkylation sites (tertiary alicyclic amines) is 1. The van der Waals surface area contributed by atoms with Gasteiger partial charge in [0.15, 0.2) is 0 Å². The molecule has 2 amide bonds. The van der Waals surface area contributed by atoms with Crippen molar-refractivity contribution in [2.75, 3.05) is 27.2 Å². The van der Waals surface area contributed by atoms with Crippen molar-refractivity contribution in [1.29, 1.82) is 0 Å². The quantitative estimate of drug-likeness (QED) is 0.769. The average molecular weight is 285 g/mol. The number of likely N-dealkylation sites (N-methyl/N-ethyl adjacent to an activating group) is 1. The van der Waals surface area contributed by atoms with Crippen molar-refractivity contribution in [1.82, 2.24) is 15.1 Å². The molecule has 1 rings (SSSR count). The van der Waals surface area contributed by atoms with Crippen molar-refractivity contribution in [3.63, 3.8) is 0 Å². The molecule has 0 aliphatic carbocycles. The van der Waals surface area contributed by atoms with Crippen LogP contribution < -0.4 is 5.32 Å². The van der Waals surface area contributed by atoms with E-state index in [9.17, 15) is 14.7 Å². The molecule has 0 aromatic rings. The molecule has 6 heteroatoms. The lowest BCUT2D eigenvalue weighted by Crippen LogP contribution is -2.51. The predicted octanol–water partition coefficient (Wildman–Crippen LogP) is 1.22. The molecule has 0 spiro atoms. The molecule has 0 saturated carbocycles. The summed E-state index contributed by atoms with van der Waals surface area (Å²) in [6.07, 6.45) is 2.41. The predicted molar refractivity (Wildman–Crippen MR) is 77.7 cm³/mol. The highest BCUT2D eigenvalue weighted by atomic mass is 16.4. The fourth-order valence-corrected chi connectivity index (χ4v) is 2.64. The van der Waals surface area contributed by atoms with E-state index >= 15 is 0 Å². The molecule has 6 nitrogen and oxygen atoms in total. The van der Waals surface area contributed by atoms with E-state index in [2.05, 4.69) is 10.2 Å². The van der Waals surface area contributed by atoms with E-state index in [1.165, 1.54) is 0 Å². The Hall–Kier alpha value is -1.30. The molecule has 0 aromatic carbocycles. The number of carboxylic acid groups (broad SMARTS) is 1. The zero-order valence-electron chi connectivity index (χ0n) is 12.9. The van der Waals surface area contributed by atoms with Gasteiger partial charge in [-0.2, -0.15) is 0 Å². The molecule has 116 valence electrons. The van der Waals surface area contributed by atoms with Crippen molar-refractivity contribution in [3.05, 3.63) is 0 Å². The number of carbonyl (C=O) groups excluding carboxylic acids is 1. The minimum Gasteiger partial charge on any atom is -0.480 e. The lowest BCUT2D eigenvalue weighted by molar-refractivity contribution is -0.139. The number of nitrogens with zero attached hydrogens (tertiary/aromatic N) is 2. The number of amides is 2. The molecule has 1 aliphatic heterocycles. The van der Waals surface area contributed by atoms with Crippen molar-refractivity contribution < 1.29 is 14.7 Å². The van der Waals surface area contributed by atoms with Gasteiger partial charge in [0.25, 0.3) is 0 Å².